The molecule has 8 nitrogen and oxygen atoms in total. The van der Waals surface area contributed by atoms with Crippen molar-refractivity contribution in [3.8, 4) is 5.75 Å². The predicted molar refractivity (Wildman–Crippen MR) is 146 cm³/mol. The molecule has 0 bridgehead atoms. The van der Waals surface area contributed by atoms with E-state index < -0.39 is 10.0 Å². The highest BCUT2D eigenvalue weighted by Crippen LogP contribution is 2.32. The van der Waals surface area contributed by atoms with Gasteiger partial charge in [0.25, 0.3) is 10.0 Å². The number of hydrogen-bond donors (Lipinski definition) is 1. The van der Waals surface area contributed by atoms with Gasteiger partial charge in [0, 0.05) is 68.0 Å². The molecular weight excluding hydrogens is 486 g/mol. The number of rotatable bonds is 8. The first-order valence-corrected chi connectivity index (χ1v) is 13.5. The number of piperazine rings is 1. The molecule has 190 valence electrons. The summed E-state index contributed by atoms with van der Waals surface area (Å²) in [6.45, 7) is 8.78. The topological polar surface area (TPSA) is 87.7 Å². The monoisotopic (exact) mass is 515 g/mol. The molecule has 2 aromatic heterocycles. The van der Waals surface area contributed by atoms with Crippen molar-refractivity contribution in [1.29, 1.82) is 0 Å². The fraction of sp³-hybridized carbons (Fsp3) is 0.214. The zero-order chi connectivity index (χ0) is 25.8. The highest BCUT2D eigenvalue weighted by atomic mass is 32.2. The molecule has 37 heavy (non-hydrogen) atoms. The summed E-state index contributed by atoms with van der Waals surface area (Å²) in [5.41, 5.74) is 3.80. The van der Waals surface area contributed by atoms with Crippen LogP contribution in [0.5, 0.6) is 5.75 Å². The standard InChI is InChI=1S/C28H29N5O3S/c1-21(33-17-15-32(16-18-33)20-22-10-13-29-14-11-22)24-8-9-25(26(19-24)36-2)31-37(34,35)27-7-3-5-23-6-4-12-30-28(23)27/h3-14,19,31H,1,15-18,20H2,2H3. The lowest BCUT2D eigenvalue weighted by Gasteiger charge is -2.37. The second kappa shape index (κ2) is 10.6. The quantitative estimate of drug-likeness (QED) is 0.376. The number of aromatic nitrogens is 2. The summed E-state index contributed by atoms with van der Waals surface area (Å²) in [5.74, 6) is 0.423. The van der Waals surface area contributed by atoms with Crippen LogP contribution in [0.15, 0.2) is 90.7 Å². The van der Waals surface area contributed by atoms with Gasteiger partial charge in [-0.1, -0.05) is 30.8 Å². The Kier molecular flexibility index (Phi) is 7.07. The first-order chi connectivity index (χ1) is 17.9. The molecule has 4 aromatic rings. The average molecular weight is 516 g/mol. The minimum Gasteiger partial charge on any atom is -0.495 e. The number of anilines is 1. The third-order valence-electron chi connectivity index (χ3n) is 6.57. The van der Waals surface area contributed by atoms with Crippen molar-refractivity contribution in [3.05, 3.63) is 97.0 Å². The van der Waals surface area contributed by atoms with Gasteiger partial charge in [0.2, 0.25) is 0 Å². The molecule has 0 atom stereocenters. The third kappa shape index (κ3) is 5.42. The Balaban J connectivity index is 1.29. The van der Waals surface area contributed by atoms with Crippen LogP contribution in [0.4, 0.5) is 5.69 Å². The molecule has 2 aromatic carbocycles. The van der Waals surface area contributed by atoms with Crippen molar-refractivity contribution in [2.75, 3.05) is 38.0 Å². The van der Waals surface area contributed by atoms with Crippen molar-refractivity contribution < 1.29 is 13.2 Å². The number of hydrogen-bond acceptors (Lipinski definition) is 7. The molecule has 3 heterocycles. The third-order valence-corrected chi connectivity index (χ3v) is 7.97. The Morgan fingerprint density at radius 2 is 1.76 bits per heavy atom. The van der Waals surface area contributed by atoms with Gasteiger partial charge < -0.3 is 9.64 Å². The van der Waals surface area contributed by atoms with E-state index in [0.29, 0.717) is 17.0 Å². The molecule has 0 aliphatic carbocycles. The molecular formula is C28H29N5O3S. The number of pyridine rings is 2. The van der Waals surface area contributed by atoms with Gasteiger partial charge in [-0.3, -0.25) is 19.6 Å². The molecule has 9 heteroatoms. The second-order valence-electron chi connectivity index (χ2n) is 8.92. The van der Waals surface area contributed by atoms with E-state index in [2.05, 4.69) is 31.1 Å². The van der Waals surface area contributed by atoms with Crippen LogP contribution in [0.1, 0.15) is 11.1 Å². The number of methoxy groups -OCH3 is 1. The Bertz CT molecular complexity index is 1510. The van der Waals surface area contributed by atoms with Crippen LogP contribution >= 0.6 is 0 Å². The summed E-state index contributed by atoms with van der Waals surface area (Å²) in [6, 6.07) is 18.2. The van der Waals surface area contributed by atoms with Gasteiger partial charge in [0.05, 0.1) is 18.3 Å². The maximum absolute atomic E-state index is 13.3. The Morgan fingerprint density at radius 3 is 2.51 bits per heavy atom. The average Bonchev–Trinajstić information content (AvgIpc) is 2.93. The van der Waals surface area contributed by atoms with E-state index in [9.17, 15) is 8.42 Å². The number of para-hydroxylation sites is 1. The molecule has 0 amide bonds. The summed E-state index contributed by atoms with van der Waals surface area (Å²) >= 11 is 0. The maximum atomic E-state index is 13.3. The fourth-order valence-electron chi connectivity index (χ4n) is 4.55. The zero-order valence-corrected chi connectivity index (χ0v) is 21.5. The number of sulfonamides is 1. The SMILES string of the molecule is C=C(c1ccc(NS(=O)(=O)c2cccc3cccnc23)c(OC)c1)N1CCN(Cc2ccncc2)CC1. The minimum absolute atomic E-state index is 0.116. The summed E-state index contributed by atoms with van der Waals surface area (Å²) in [5, 5.41) is 0.755. The van der Waals surface area contributed by atoms with Crippen molar-refractivity contribution in [1.82, 2.24) is 19.8 Å². The van der Waals surface area contributed by atoms with Crippen molar-refractivity contribution in [2.24, 2.45) is 0 Å². The molecule has 0 spiro atoms. The second-order valence-corrected chi connectivity index (χ2v) is 10.6. The van der Waals surface area contributed by atoms with Crippen LogP contribution in [0.25, 0.3) is 16.6 Å². The lowest BCUT2D eigenvalue weighted by Crippen LogP contribution is -2.44. The normalized spacial score (nSPS) is 14.5. The van der Waals surface area contributed by atoms with E-state index in [1.54, 1.807) is 30.5 Å². The summed E-state index contributed by atoms with van der Waals surface area (Å²) in [4.78, 5) is 13.1. The van der Waals surface area contributed by atoms with Gasteiger partial charge in [-0.25, -0.2) is 8.42 Å². The van der Waals surface area contributed by atoms with Gasteiger partial charge >= 0.3 is 0 Å². The largest absolute Gasteiger partial charge is 0.495 e. The highest BCUT2D eigenvalue weighted by molar-refractivity contribution is 7.93. The van der Waals surface area contributed by atoms with E-state index in [1.807, 2.05) is 48.8 Å². The summed E-state index contributed by atoms with van der Waals surface area (Å²) < 4.78 is 34.8. The van der Waals surface area contributed by atoms with E-state index in [1.165, 1.54) is 12.7 Å². The molecule has 1 N–H and O–H groups in total. The van der Waals surface area contributed by atoms with Crippen LogP contribution in [0, 0.1) is 0 Å². The molecule has 0 unspecified atom stereocenters. The summed E-state index contributed by atoms with van der Waals surface area (Å²) in [6.07, 6.45) is 5.23. The van der Waals surface area contributed by atoms with Gasteiger partial charge in [-0.05, 0) is 42.0 Å². The smallest absolute Gasteiger partial charge is 0.264 e. The van der Waals surface area contributed by atoms with Crippen molar-refractivity contribution in [3.63, 3.8) is 0 Å². The number of ether oxygens (including phenoxy) is 1. The fourth-order valence-corrected chi connectivity index (χ4v) is 5.80. The van der Waals surface area contributed by atoms with E-state index in [-0.39, 0.29) is 4.90 Å². The Hall–Kier alpha value is -3.95. The summed E-state index contributed by atoms with van der Waals surface area (Å²) in [7, 11) is -2.37. The first kappa shape index (κ1) is 24.7. The molecule has 1 aliphatic heterocycles. The highest BCUT2D eigenvalue weighted by Gasteiger charge is 2.22. The predicted octanol–water partition coefficient (Wildman–Crippen LogP) is 4.23. The first-order valence-electron chi connectivity index (χ1n) is 12.0. The lowest BCUT2D eigenvalue weighted by atomic mass is 10.1. The van der Waals surface area contributed by atoms with E-state index in [4.69, 9.17) is 4.74 Å². The van der Waals surface area contributed by atoms with E-state index in [0.717, 1.165) is 49.4 Å². The van der Waals surface area contributed by atoms with Crippen LogP contribution in [-0.4, -0.2) is 61.5 Å². The van der Waals surface area contributed by atoms with Gasteiger partial charge in [0.15, 0.2) is 0 Å². The maximum Gasteiger partial charge on any atom is 0.264 e. The molecule has 1 saturated heterocycles. The molecule has 5 rings (SSSR count). The van der Waals surface area contributed by atoms with Gasteiger partial charge in [-0.15, -0.1) is 0 Å². The van der Waals surface area contributed by atoms with Gasteiger partial charge in [0.1, 0.15) is 10.6 Å². The minimum atomic E-state index is -3.89. The number of nitrogens with one attached hydrogen (secondary N) is 1. The molecule has 0 saturated carbocycles. The number of nitrogens with zero attached hydrogens (tertiary/aromatic N) is 4. The number of fused-ring (bicyclic) bond motifs is 1. The van der Waals surface area contributed by atoms with Gasteiger partial charge in [-0.2, -0.15) is 0 Å². The van der Waals surface area contributed by atoms with Crippen LogP contribution in [0.2, 0.25) is 0 Å². The molecule has 0 radical (unpaired) electrons. The van der Waals surface area contributed by atoms with E-state index >= 15 is 0 Å². The van der Waals surface area contributed by atoms with Crippen LogP contribution in [-0.2, 0) is 16.6 Å². The Morgan fingerprint density at radius 1 is 1.00 bits per heavy atom. The molecule has 1 aliphatic rings. The van der Waals surface area contributed by atoms with Crippen molar-refractivity contribution >= 4 is 32.3 Å². The lowest BCUT2D eigenvalue weighted by molar-refractivity contribution is 0.169. The van der Waals surface area contributed by atoms with Crippen LogP contribution < -0.4 is 9.46 Å². The van der Waals surface area contributed by atoms with Crippen molar-refractivity contribution in [2.45, 2.75) is 11.4 Å². The zero-order valence-electron chi connectivity index (χ0n) is 20.7. The van der Waals surface area contributed by atoms with Crippen LogP contribution in [0.3, 0.4) is 0 Å². The molecule has 1 fully saturated rings. The number of benzene rings is 2. The Labute approximate surface area is 217 Å².